The SMILES string of the molecule is O=C(CCCCCN1C(=O)[C@@H]2[C@H]3C[C@@H]([C@H](Br)[C@@H]3Br)[C@@H]2C1=O)Nc1ccc(Br)cc1Cl. The molecule has 6 atom stereocenters. The van der Waals surface area contributed by atoms with Crippen molar-refractivity contribution in [1.29, 1.82) is 0 Å². The number of hydrogen-bond acceptors (Lipinski definition) is 3. The number of benzene rings is 1. The zero-order valence-corrected chi connectivity index (χ0v) is 21.6. The van der Waals surface area contributed by atoms with E-state index in [2.05, 4.69) is 53.1 Å². The molecule has 0 unspecified atom stereocenters. The minimum Gasteiger partial charge on any atom is -0.325 e. The Morgan fingerprint density at radius 1 is 1.07 bits per heavy atom. The van der Waals surface area contributed by atoms with Gasteiger partial charge >= 0.3 is 0 Å². The van der Waals surface area contributed by atoms with E-state index in [1.54, 1.807) is 12.1 Å². The van der Waals surface area contributed by atoms with E-state index < -0.39 is 0 Å². The second-order valence-electron chi connectivity index (χ2n) is 8.31. The van der Waals surface area contributed by atoms with Crippen LogP contribution in [0.25, 0.3) is 0 Å². The molecule has 2 aliphatic carbocycles. The molecular weight excluding hydrogens is 603 g/mol. The van der Waals surface area contributed by atoms with Crippen molar-refractivity contribution in [2.75, 3.05) is 11.9 Å². The van der Waals surface area contributed by atoms with Crippen molar-refractivity contribution in [3.8, 4) is 0 Å². The van der Waals surface area contributed by atoms with Crippen LogP contribution in [-0.2, 0) is 14.4 Å². The van der Waals surface area contributed by atoms with Gasteiger partial charge in [0.15, 0.2) is 0 Å². The number of amides is 3. The molecule has 4 rings (SSSR count). The normalized spacial score (nSPS) is 32.1. The Labute approximate surface area is 206 Å². The molecular formula is C21H22Br3ClN2O3. The number of halogens is 4. The van der Waals surface area contributed by atoms with E-state index in [0.29, 0.717) is 36.5 Å². The number of anilines is 1. The van der Waals surface area contributed by atoms with Crippen LogP contribution in [0.2, 0.25) is 5.02 Å². The summed E-state index contributed by atoms with van der Waals surface area (Å²) in [7, 11) is 0. The van der Waals surface area contributed by atoms with Crippen molar-refractivity contribution in [2.45, 2.75) is 41.8 Å². The molecule has 5 nitrogen and oxygen atoms in total. The van der Waals surface area contributed by atoms with Gasteiger partial charge in [-0.3, -0.25) is 19.3 Å². The average Bonchev–Trinajstić information content (AvgIpc) is 3.30. The molecule has 3 fully saturated rings. The van der Waals surface area contributed by atoms with Gasteiger partial charge in [0.25, 0.3) is 0 Å². The summed E-state index contributed by atoms with van der Waals surface area (Å²) in [6.07, 6.45) is 3.52. The molecule has 1 saturated heterocycles. The molecule has 9 heteroatoms. The Kier molecular flexibility index (Phi) is 6.97. The predicted octanol–water partition coefficient (Wildman–Crippen LogP) is 5.38. The molecule has 3 amide bonds. The zero-order valence-electron chi connectivity index (χ0n) is 16.1. The first kappa shape index (κ1) is 22.7. The van der Waals surface area contributed by atoms with Crippen molar-refractivity contribution in [3.63, 3.8) is 0 Å². The minimum absolute atomic E-state index is 0.00368. The van der Waals surface area contributed by atoms with Crippen molar-refractivity contribution < 1.29 is 14.4 Å². The van der Waals surface area contributed by atoms with Crippen LogP contribution in [0, 0.1) is 23.7 Å². The molecule has 1 aromatic rings. The number of fused-ring (bicyclic) bond motifs is 5. The van der Waals surface area contributed by atoms with Crippen LogP contribution in [0.1, 0.15) is 32.1 Å². The van der Waals surface area contributed by atoms with Gasteiger partial charge in [0.1, 0.15) is 0 Å². The highest BCUT2D eigenvalue weighted by Gasteiger charge is 2.66. The van der Waals surface area contributed by atoms with Crippen LogP contribution in [-0.4, -0.2) is 38.8 Å². The van der Waals surface area contributed by atoms with E-state index in [1.165, 1.54) is 4.90 Å². The Morgan fingerprint density at radius 2 is 1.70 bits per heavy atom. The number of nitrogens with zero attached hydrogens (tertiary/aromatic N) is 1. The summed E-state index contributed by atoms with van der Waals surface area (Å²) in [5.41, 5.74) is 0.592. The van der Waals surface area contributed by atoms with Crippen molar-refractivity contribution in [3.05, 3.63) is 27.7 Å². The van der Waals surface area contributed by atoms with Gasteiger partial charge in [-0.1, -0.05) is 65.8 Å². The summed E-state index contributed by atoms with van der Waals surface area (Å²) in [5.74, 6) is 0.113. The maximum atomic E-state index is 12.9. The van der Waals surface area contributed by atoms with Gasteiger partial charge in [-0.2, -0.15) is 0 Å². The number of rotatable bonds is 7. The van der Waals surface area contributed by atoms with E-state index in [1.807, 2.05) is 6.07 Å². The maximum Gasteiger partial charge on any atom is 0.233 e. The lowest BCUT2D eigenvalue weighted by molar-refractivity contribution is -0.140. The smallest absolute Gasteiger partial charge is 0.233 e. The maximum absolute atomic E-state index is 12.9. The molecule has 0 radical (unpaired) electrons. The largest absolute Gasteiger partial charge is 0.325 e. The molecule has 1 aromatic carbocycles. The highest BCUT2D eigenvalue weighted by Crippen LogP contribution is 2.60. The van der Waals surface area contributed by atoms with E-state index in [-0.39, 0.29) is 51.0 Å². The summed E-state index contributed by atoms with van der Waals surface area (Å²) in [4.78, 5) is 39.9. The molecule has 162 valence electrons. The topological polar surface area (TPSA) is 66.5 Å². The lowest BCUT2D eigenvalue weighted by Crippen LogP contribution is -2.37. The molecule has 1 aliphatic heterocycles. The number of unbranched alkanes of at least 4 members (excludes halogenated alkanes) is 2. The molecule has 1 heterocycles. The number of carbonyl (C=O) groups is 3. The van der Waals surface area contributed by atoms with E-state index >= 15 is 0 Å². The number of carbonyl (C=O) groups excluding carboxylic acids is 3. The van der Waals surface area contributed by atoms with Crippen LogP contribution in [0.15, 0.2) is 22.7 Å². The van der Waals surface area contributed by atoms with Crippen LogP contribution in [0.5, 0.6) is 0 Å². The Morgan fingerprint density at radius 3 is 2.30 bits per heavy atom. The second-order valence-corrected chi connectivity index (χ2v) is 11.8. The van der Waals surface area contributed by atoms with E-state index in [4.69, 9.17) is 11.6 Å². The Hall–Kier alpha value is -0.440. The number of likely N-dealkylation sites (tertiary alicyclic amines) is 1. The van der Waals surface area contributed by atoms with Crippen LogP contribution in [0.4, 0.5) is 5.69 Å². The molecule has 2 bridgehead atoms. The predicted molar refractivity (Wildman–Crippen MR) is 127 cm³/mol. The standard InChI is InChI=1S/C21H22Br3ClN2O3/c22-10-5-6-14(13(25)8-10)26-15(28)4-2-1-3-7-27-20(29)16-11-9-12(17(16)21(27)30)19(24)18(11)23/h5-6,8,11-12,16-19H,1-4,7,9H2,(H,26,28)/t11-,12-,16-,17+,18-,19+/m1/s1. The third-order valence-corrected chi connectivity index (χ3v) is 10.6. The van der Waals surface area contributed by atoms with Crippen LogP contribution >= 0.6 is 59.4 Å². The fourth-order valence-corrected chi connectivity index (χ4v) is 7.76. The molecule has 3 aliphatic rings. The van der Waals surface area contributed by atoms with Crippen molar-refractivity contribution >= 4 is 82.8 Å². The first-order valence-electron chi connectivity index (χ1n) is 10.2. The average molecular weight is 626 g/mol. The quantitative estimate of drug-likeness (QED) is 0.252. The summed E-state index contributed by atoms with van der Waals surface area (Å²) in [5, 5.41) is 3.30. The lowest BCUT2D eigenvalue weighted by atomic mass is 9.81. The van der Waals surface area contributed by atoms with E-state index in [9.17, 15) is 14.4 Å². The number of imide groups is 1. The minimum atomic E-state index is -0.151. The van der Waals surface area contributed by atoms with Crippen LogP contribution < -0.4 is 5.32 Å². The Balaban J connectivity index is 1.21. The van der Waals surface area contributed by atoms with Gasteiger partial charge in [-0.25, -0.2) is 0 Å². The second kappa shape index (κ2) is 9.20. The summed E-state index contributed by atoms with van der Waals surface area (Å²) < 4.78 is 0.854. The van der Waals surface area contributed by atoms with Crippen molar-refractivity contribution in [2.24, 2.45) is 23.7 Å². The molecule has 30 heavy (non-hydrogen) atoms. The monoisotopic (exact) mass is 622 g/mol. The number of nitrogens with one attached hydrogen (secondary N) is 1. The third kappa shape index (κ3) is 4.14. The number of hydrogen-bond donors (Lipinski definition) is 1. The zero-order chi connectivity index (χ0) is 21.6. The fourth-order valence-electron chi connectivity index (χ4n) is 5.17. The van der Waals surface area contributed by atoms with Gasteiger partial charge in [0.2, 0.25) is 17.7 Å². The first-order valence-corrected chi connectivity index (χ1v) is 13.2. The molecule has 0 aromatic heterocycles. The number of alkyl halides is 2. The van der Waals surface area contributed by atoms with Gasteiger partial charge in [0, 0.05) is 27.1 Å². The first-order chi connectivity index (χ1) is 14.3. The van der Waals surface area contributed by atoms with Gasteiger partial charge in [0.05, 0.1) is 22.5 Å². The molecule has 0 spiro atoms. The summed E-state index contributed by atoms with van der Waals surface area (Å²) in [6.45, 7) is 0.449. The molecule has 1 N–H and O–H groups in total. The highest BCUT2D eigenvalue weighted by atomic mass is 79.9. The Bertz CT molecular complexity index is 851. The highest BCUT2D eigenvalue weighted by molar-refractivity contribution is 9.12. The van der Waals surface area contributed by atoms with Gasteiger partial charge in [-0.15, -0.1) is 0 Å². The molecule has 2 saturated carbocycles. The van der Waals surface area contributed by atoms with Gasteiger partial charge in [-0.05, 0) is 49.3 Å². The third-order valence-electron chi connectivity index (χ3n) is 6.57. The van der Waals surface area contributed by atoms with E-state index in [0.717, 1.165) is 17.3 Å². The lowest BCUT2D eigenvalue weighted by Gasteiger charge is -2.28. The van der Waals surface area contributed by atoms with Gasteiger partial charge < -0.3 is 5.32 Å². The van der Waals surface area contributed by atoms with Crippen molar-refractivity contribution in [1.82, 2.24) is 4.90 Å². The summed E-state index contributed by atoms with van der Waals surface area (Å²) >= 11 is 16.9. The van der Waals surface area contributed by atoms with Crippen LogP contribution in [0.3, 0.4) is 0 Å². The fraction of sp³-hybridized carbons (Fsp3) is 0.571. The summed E-state index contributed by atoms with van der Waals surface area (Å²) in [6, 6.07) is 5.31.